The minimum absolute atomic E-state index is 0.00485. The number of phenols is 3. The molecule has 1 aromatic heterocycles. The molecule has 5 heteroatoms. The zero-order valence-corrected chi connectivity index (χ0v) is 14.3. The topological polar surface area (TPSA) is 83.1 Å². The monoisotopic (exact) mass is 340 g/mol. The molecule has 0 unspecified atom stereocenters. The molecule has 0 saturated heterocycles. The van der Waals surface area contributed by atoms with Gasteiger partial charge in [0.25, 0.3) is 0 Å². The van der Waals surface area contributed by atoms with Crippen LogP contribution in [0.3, 0.4) is 0 Å². The highest BCUT2D eigenvalue weighted by Gasteiger charge is 2.17. The molecule has 0 fully saturated rings. The maximum Gasteiger partial charge on any atom is 0.142 e. The Labute approximate surface area is 145 Å². The zero-order chi connectivity index (χ0) is 18.1. The lowest BCUT2D eigenvalue weighted by Crippen LogP contribution is -1.89. The molecular weight excluding hydrogens is 320 g/mol. The average molecular weight is 340 g/mol. The second-order valence-electron chi connectivity index (χ2n) is 6.15. The van der Waals surface area contributed by atoms with Crippen LogP contribution in [0.1, 0.15) is 19.4 Å². The Balaban J connectivity index is 2.20. The Morgan fingerprint density at radius 2 is 1.80 bits per heavy atom. The van der Waals surface area contributed by atoms with E-state index in [0.29, 0.717) is 40.0 Å². The number of fused-ring (bicyclic) bond motifs is 1. The molecule has 3 rings (SSSR count). The van der Waals surface area contributed by atoms with Crippen molar-refractivity contribution in [2.45, 2.75) is 20.3 Å². The fourth-order valence-corrected chi connectivity index (χ4v) is 2.73. The van der Waals surface area contributed by atoms with Gasteiger partial charge in [0.2, 0.25) is 0 Å². The Bertz CT molecular complexity index is 962. The van der Waals surface area contributed by atoms with Gasteiger partial charge in [-0.15, -0.1) is 0 Å². The first-order valence-corrected chi connectivity index (χ1v) is 7.88. The molecule has 0 bridgehead atoms. The van der Waals surface area contributed by atoms with E-state index in [-0.39, 0.29) is 17.2 Å². The zero-order valence-electron chi connectivity index (χ0n) is 14.3. The van der Waals surface area contributed by atoms with Gasteiger partial charge in [-0.05, 0) is 32.4 Å². The van der Waals surface area contributed by atoms with Crippen LogP contribution in [0.25, 0.3) is 22.3 Å². The second-order valence-corrected chi connectivity index (χ2v) is 6.15. The van der Waals surface area contributed by atoms with Crippen LogP contribution in [-0.2, 0) is 6.42 Å². The van der Waals surface area contributed by atoms with Gasteiger partial charge in [0.15, 0.2) is 0 Å². The van der Waals surface area contributed by atoms with Gasteiger partial charge >= 0.3 is 0 Å². The molecule has 0 radical (unpaired) electrons. The number of hydrogen-bond acceptors (Lipinski definition) is 5. The summed E-state index contributed by atoms with van der Waals surface area (Å²) in [5.41, 5.74) is 2.79. The Kier molecular flexibility index (Phi) is 4.31. The van der Waals surface area contributed by atoms with Crippen LogP contribution < -0.4 is 4.74 Å². The summed E-state index contributed by atoms with van der Waals surface area (Å²) < 4.78 is 11.0. The molecule has 0 atom stereocenters. The summed E-state index contributed by atoms with van der Waals surface area (Å²) >= 11 is 0. The predicted molar refractivity (Wildman–Crippen MR) is 96.3 cm³/mol. The molecule has 130 valence electrons. The van der Waals surface area contributed by atoms with E-state index in [9.17, 15) is 15.3 Å². The number of allylic oxidation sites excluding steroid dienone is 2. The molecule has 0 aliphatic rings. The first-order valence-electron chi connectivity index (χ1n) is 7.88. The van der Waals surface area contributed by atoms with Crippen molar-refractivity contribution in [3.63, 3.8) is 0 Å². The maximum atomic E-state index is 10.3. The van der Waals surface area contributed by atoms with Gasteiger partial charge in [0, 0.05) is 29.3 Å². The Morgan fingerprint density at radius 1 is 1.04 bits per heavy atom. The number of ether oxygens (including phenoxy) is 1. The van der Waals surface area contributed by atoms with Gasteiger partial charge < -0.3 is 24.5 Å². The first-order chi connectivity index (χ1) is 11.9. The van der Waals surface area contributed by atoms with Gasteiger partial charge in [-0.2, -0.15) is 0 Å². The molecule has 3 N–H and O–H groups in total. The van der Waals surface area contributed by atoms with Crippen molar-refractivity contribution in [2.24, 2.45) is 0 Å². The largest absolute Gasteiger partial charge is 0.508 e. The highest BCUT2D eigenvalue weighted by Crippen LogP contribution is 2.40. The first kappa shape index (κ1) is 16.8. The number of rotatable bonds is 4. The quantitative estimate of drug-likeness (QED) is 0.598. The van der Waals surface area contributed by atoms with E-state index in [1.54, 1.807) is 18.2 Å². The molecule has 0 amide bonds. The van der Waals surface area contributed by atoms with E-state index in [2.05, 4.69) is 0 Å². The van der Waals surface area contributed by atoms with Gasteiger partial charge in [-0.3, -0.25) is 0 Å². The van der Waals surface area contributed by atoms with E-state index >= 15 is 0 Å². The third kappa shape index (κ3) is 3.26. The molecule has 1 heterocycles. The van der Waals surface area contributed by atoms with Crippen LogP contribution in [0.4, 0.5) is 0 Å². The summed E-state index contributed by atoms with van der Waals surface area (Å²) in [5.74, 6) is 0.904. The Morgan fingerprint density at radius 3 is 2.48 bits per heavy atom. The number of hydrogen-bond donors (Lipinski definition) is 3. The molecule has 5 nitrogen and oxygen atoms in total. The fourth-order valence-electron chi connectivity index (χ4n) is 2.73. The SMILES string of the molecule is COc1cc(O)c2cc(-c3cc(O)cc(O)c3CC=C(C)C)oc2c1. The summed E-state index contributed by atoms with van der Waals surface area (Å²) in [6, 6.07) is 7.72. The molecule has 0 spiro atoms. The van der Waals surface area contributed by atoms with Gasteiger partial charge in [-0.25, -0.2) is 0 Å². The minimum Gasteiger partial charge on any atom is -0.508 e. The number of methoxy groups -OCH3 is 1. The summed E-state index contributed by atoms with van der Waals surface area (Å²) in [6.07, 6.45) is 2.48. The van der Waals surface area contributed by atoms with E-state index < -0.39 is 0 Å². The van der Waals surface area contributed by atoms with Crippen molar-refractivity contribution in [2.75, 3.05) is 7.11 Å². The lowest BCUT2D eigenvalue weighted by molar-refractivity contribution is 0.408. The van der Waals surface area contributed by atoms with E-state index in [1.807, 2.05) is 19.9 Å². The fraction of sp³-hybridized carbons (Fsp3) is 0.200. The van der Waals surface area contributed by atoms with Crippen LogP contribution in [0.2, 0.25) is 0 Å². The van der Waals surface area contributed by atoms with Crippen molar-refractivity contribution in [1.29, 1.82) is 0 Å². The van der Waals surface area contributed by atoms with Crippen molar-refractivity contribution >= 4 is 11.0 Å². The van der Waals surface area contributed by atoms with Crippen LogP contribution in [0.5, 0.6) is 23.0 Å². The predicted octanol–water partition coefficient (Wildman–Crippen LogP) is 4.73. The smallest absolute Gasteiger partial charge is 0.142 e. The molecule has 3 aromatic rings. The number of furan rings is 1. The molecule has 0 saturated carbocycles. The summed E-state index contributed by atoms with van der Waals surface area (Å²) in [7, 11) is 1.51. The van der Waals surface area contributed by atoms with Crippen LogP contribution in [0, 0.1) is 0 Å². The van der Waals surface area contributed by atoms with Gasteiger partial charge in [-0.1, -0.05) is 11.6 Å². The van der Waals surface area contributed by atoms with Crippen molar-refractivity contribution in [3.8, 4) is 34.3 Å². The molecule has 0 aliphatic heterocycles. The third-order valence-electron chi connectivity index (χ3n) is 4.02. The summed E-state index contributed by atoms with van der Waals surface area (Å²) in [6.45, 7) is 3.95. The second kappa shape index (κ2) is 6.43. The maximum absolute atomic E-state index is 10.3. The third-order valence-corrected chi connectivity index (χ3v) is 4.02. The van der Waals surface area contributed by atoms with Crippen molar-refractivity contribution in [1.82, 2.24) is 0 Å². The standard InChI is InChI=1S/C20H20O5/c1-11(2)4-5-14-15(6-12(21)7-17(14)22)20-10-16-18(23)8-13(24-3)9-19(16)25-20/h4,6-10,21-23H,5H2,1-3H3. The summed E-state index contributed by atoms with van der Waals surface area (Å²) in [5, 5.41) is 30.8. The highest BCUT2D eigenvalue weighted by atomic mass is 16.5. The normalized spacial score (nSPS) is 10.8. The highest BCUT2D eigenvalue weighted by molar-refractivity contribution is 5.90. The van der Waals surface area contributed by atoms with Gasteiger partial charge in [0.05, 0.1) is 12.5 Å². The average Bonchev–Trinajstić information content (AvgIpc) is 2.97. The van der Waals surface area contributed by atoms with Crippen LogP contribution in [0.15, 0.2) is 46.4 Å². The van der Waals surface area contributed by atoms with Crippen LogP contribution in [-0.4, -0.2) is 22.4 Å². The molecular formula is C20H20O5. The molecule has 2 aromatic carbocycles. The van der Waals surface area contributed by atoms with E-state index in [4.69, 9.17) is 9.15 Å². The van der Waals surface area contributed by atoms with E-state index in [1.165, 1.54) is 19.2 Å². The molecule has 0 aliphatic carbocycles. The van der Waals surface area contributed by atoms with Crippen LogP contribution >= 0.6 is 0 Å². The minimum atomic E-state index is -0.0595. The number of benzene rings is 2. The van der Waals surface area contributed by atoms with Crippen molar-refractivity contribution < 1.29 is 24.5 Å². The number of phenolic OH excluding ortho intramolecular Hbond substituents is 3. The van der Waals surface area contributed by atoms with E-state index in [0.717, 1.165) is 5.57 Å². The lowest BCUT2D eigenvalue weighted by Gasteiger charge is -2.09. The lowest BCUT2D eigenvalue weighted by atomic mass is 9.99. The number of aromatic hydroxyl groups is 3. The van der Waals surface area contributed by atoms with Crippen molar-refractivity contribution in [3.05, 3.63) is 47.5 Å². The Hall–Kier alpha value is -3.08. The summed E-state index contributed by atoms with van der Waals surface area (Å²) in [4.78, 5) is 0. The molecule has 25 heavy (non-hydrogen) atoms. The van der Waals surface area contributed by atoms with Gasteiger partial charge in [0.1, 0.15) is 34.3 Å².